The molecule has 0 bridgehead atoms. The molecule has 2 rings (SSSR count). The van der Waals surface area contributed by atoms with Gasteiger partial charge in [0.1, 0.15) is 0 Å². The number of halogens is 2. The topological polar surface area (TPSA) is 15.3 Å². The quantitative estimate of drug-likeness (QED) is 0.899. The molecule has 1 saturated heterocycles. The van der Waals surface area contributed by atoms with Gasteiger partial charge in [-0.05, 0) is 43.6 Å². The molecule has 0 spiro atoms. The Kier molecular flexibility index (Phi) is 7.83. The fourth-order valence-electron chi connectivity index (χ4n) is 2.93. The molecule has 4 heteroatoms. The maximum atomic E-state index is 13.4. The first-order chi connectivity index (χ1) is 10.2. The third-order valence-electron chi connectivity index (χ3n) is 3.94. The van der Waals surface area contributed by atoms with Crippen LogP contribution < -0.4 is 5.32 Å². The first-order valence-corrected chi connectivity index (χ1v) is 8.08. The SMILES string of the molecule is CC.CCNC1CCN(CC)C(c2ccc(F)c(F)c2)C1. The number of rotatable bonds is 4. The van der Waals surface area contributed by atoms with Gasteiger partial charge in [0.05, 0.1) is 0 Å². The molecule has 1 aromatic carbocycles. The van der Waals surface area contributed by atoms with Gasteiger partial charge in [-0.2, -0.15) is 0 Å². The van der Waals surface area contributed by atoms with E-state index < -0.39 is 11.6 Å². The van der Waals surface area contributed by atoms with E-state index in [9.17, 15) is 8.78 Å². The highest BCUT2D eigenvalue weighted by molar-refractivity contribution is 5.22. The van der Waals surface area contributed by atoms with Crippen molar-refractivity contribution in [3.63, 3.8) is 0 Å². The van der Waals surface area contributed by atoms with E-state index in [1.54, 1.807) is 6.07 Å². The minimum absolute atomic E-state index is 0.179. The molecule has 1 aromatic rings. The fraction of sp³-hybridized carbons (Fsp3) is 0.647. The van der Waals surface area contributed by atoms with E-state index in [0.717, 1.165) is 38.0 Å². The van der Waals surface area contributed by atoms with E-state index >= 15 is 0 Å². The van der Waals surface area contributed by atoms with E-state index in [0.29, 0.717) is 6.04 Å². The zero-order valence-electron chi connectivity index (χ0n) is 13.6. The average Bonchev–Trinajstić information content (AvgIpc) is 2.52. The molecular weight excluding hydrogens is 270 g/mol. The first-order valence-electron chi connectivity index (χ1n) is 8.08. The van der Waals surface area contributed by atoms with Crippen LogP contribution in [0.1, 0.15) is 52.1 Å². The number of likely N-dealkylation sites (tertiary alicyclic amines) is 1. The Morgan fingerprint density at radius 2 is 1.90 bits per heavy atom. The van der Waals surface area contributed by atoms with Gasteiger partial charge >= 0.3 is 0 Å². The van der Waals surface area contributed by atoms with Crippen molar-refractivity contribution >= 4 is 0 Å². The highest BCUT2D eigenvalue weighted by Gasteiger charge is 2.28. The summed E-state index contributed by atoms with van der Waals surface area (Å²) in [6.07, 6.45) is 2.06. The highest BCUT2D eigenvalue weighted by atomic mass is 19.2. The van der Waals surface area contributed by atoms with E-state index in [2.05, 4.69) is 24.1 Å². The third kappa shape index (κ3) is 4.75. The molecule has 1 aliphatic heterocycles. The first kappa shape index (κ1) is 18.1. The largest absolute Gasteiger partial charge is 0.314 e. The van der Waals surface area contributed by atoms with Crippen molar-refractivity contribution in [1.29, 1.82) is 0 Å². The van der Waals surface area contributed by atoms with Crippen molar-refractivity contribution in [2.45, 2.75) is 52.6 Å². The van der Waals surface area contributed by atoms with Gasteiger partial charge in [-0.25, -0.2) is 8.78 Å². The summed E-state index contributed by atoms with van der Waals surface area (Å²) in [7, 11) is 0. The van der Waals surface area contributed by atoms with Gasteiger partial charge in [-0.3, -0.25) is 4.90 Å². The summed E-state index contributed by atoms with van der Waals surface area (Å²) in [4.78, 5) is 2.33. The number of nitrogens with one attached hydrogen (secondary N) is 1. The number of nitrogens with zero attached hydrogens (tertiary/aromatic N) is 1. The van der Waals surface area contributed by atoms with Crippen molar-refractivity contribution < 1.29 is 8.78 Å². The minimum atomic E-state index is -0.772. The second kappa shape index (κ2) is 9.11. The third-order valence-corrected chi connectivity index (χ3v) is 3.94. The lowest BCUT2D eigenvalue weighted by atomic mass is 9.91. The maximum absolute atomic E-state index is 13.4. The Hall–Kier alpha value is -1.00. The lowest BCUT2D eigenvalue weighted by Crippen LogP contribution is -2.44. The van der Waals surface area contributed by atoms with E-state index in [1.165, 1.54) is 12.1 Å². The van der Waals surface area contributed by atoms with Crippen LogP contribution in [-0.4, -0.2) is 30.6 Å². The summed E-state index contributed by atoms with van der Waals surface area (Å²) in [6, 6.07) is 4.93. The van der Waals surface area contributed by atoms with Gasteiger partial charge in [0.2, 0.25) is 0 Å². The van der Waals surface area contributed by atoms with Gasteiger partial charge < -0.3 is 5.32 Å². The summed E-state index contributed by atoms with van der Waals surface area (Å²) >= 11 is 0. The second-order valence-corrected chi connectivity index (χ2v) is 5.10. The van der Waals surface area contributed by atoms with E-state index in [1.807, 2.05) is 13.8 Å². The van der Waals surface area contributed by atoms with Crippen LogP contribution in [0.2, 0.25) is 0 Å². The molecule has 1 aliphatic rings. The molecule has 0 radical (unpaired) electrons. The molecule has 2 nitrogen and oxygen atoms in total. The minimum Gasteiger partial charge on any atom is -0.314 e. The second-order valence-electron chi connectivity index (χ2n) is 5.10. The number of piperidine rings is 1. The molecule has 1 heterocycles. The molecule has 0 amide bonds. The van der Waals surface area contributed by atoms with Crippen LogP contribution in [0.4, 0.5) is 8.78 Å². The number of hydrogen-bond donors (Lipinski definition) is 1. The van der Waals surface area contributed by atoms with Crippen LogP contribution in [0.5, 0.6) is 0 Å². The van der Waals surface area contributed by atoms with Crippen molar-refractivity contribution in [3.05, 3.63) is 35.4 Å². The number of benzene rings is 1. The van der Waals surface area contributed by atoms with Crippen LogP contribution in [0.25, 0.3) is 0 Å². The maximum Gasteiger partial charge on any atom is 0.159 e. The van der Waals surface area contributed by atoms with Crippen LogP contribution >= 0.6 is 0 Å². The van der Waals surface area contributed by atoms with Crippen LogP contribution in [-0.2, 0) is 0 Å². The monoisotopic (exact) mass is 298 g/mol. The van der Waals surface area contributed by atoms with E-state index in [4.69, 9.17) is 0 Å². The Morgan fingerprint density at radius 1 is 1.19 bits per heavy atom. The smallest absolute Gasteiger partial charge is 0.159 e. The summed E-state index contributed by atoms with van der Waals surface area (Å²) in [5.41, 5.74) is 0.878. The molecule has 0 aromatic heterocycles. The summed E-state index contributed by atoms with van der Waals surface area (Å²) < 4.78 is 26.4. The lowest BCUT2D eigenvalue weighted by Gasteiger charge is -2.39. The molecule has 120 valence electrons. The molecule has 21 heavy (non-hydrogen) atoms. The summed E-state index contributed by atoms with van der Waals surface area (Å²) in [6.45, 7) is 11.1. The van der Waals surface area contributed by atoms with Gasteiger partial charge in [0, 0.05) is 18.6 Å². The molecule has 1 N–H and O–H groups in total. The van der Waals surface area contributed by atoms with Crippen LogP contribution in [0.3, 0.4) is 0 Å². The predicted octanol–water partition coefficient (Wildman–Crippen LogP) is 4.13. The molecule has 2 atom stereocenters. The molecule has 0 saturated carbocycles. The predicted molar refractivity (Wildman–Crippen MR) is 84.4 cm³/mol. The van der Waals surface area contributed by atoms with Gasteiger partial charge in [0.25, 0.3) is 0 Å². The molecule has 2 unspecified atom stereocenters. The van der Waals surface area contributed by atoms with Crippen molar-refractivity contribution in [1.82, 2.24) is 10.2 Å². The lowest BCUT2D eigenvalue weighted by molar-refractivity contribution is 0.132. The van der Waals surface area contributed by atoms with Crippen molar-refractivity contribution in [3.8, 4) is 0 Å². The van der Waals surface area contributed by atoms with Gasteiger partial charge in [0.15, 0.2) is 11.6 Å². The van der Waals surface area contributed by atoms with Crippen LogP contribution in [0, 0.1) is 11.6 Å². The number of hydrogen-bond acceptors (Lipinski definition) is 2. The van der Waals surface area contributed by atoms with Gasteiger partial charge in [-0.1, -0.05) is 33.8 Å². The summed E-state index contributed by atoms with van der Waals surface area (Å²) in [5, 5.41) is 3.46. The zero-order valence-corrected chi connectivity index (χ0v) is 13.6. The average molecular weight is 298 g/mol. The highest BCUT2D eigenvalue weighted by Crippen LogP contribution is 2.31. The Labute approximate surface area is 127 Å². The zero-order chi connectivity index (χ0) is 15.8. The Morgan fingerprint density at radius 3 is 2.48 bits per heavy atom. The van der Waals surface area contributed by atoms with Crippen molar-refractivity contribution in [2.75, 3.05) is 19.6 Å². The Bertz CT molecular complexity index is 423. The normalized spacial score (nSPS) is 22.6. The fourth-order valence-corrected chi connectivity index (χ4v) is 2.93. The Balaban J connectivity index is 0.00000106. The molecule has 1 fully saturated rings. The summed E-state index contributed by atoms with van der Waals surface area (Å²) in [5.74, 6) is -1.52. The van der Waals surface area contributed by atoms with E-state index in [-0.39, 0.29) is 6.04 Å². The molecular formula is C17H28F2N2. The van der Waals surface area contributed by atoms with Gasteiger partial charge in [-0.15, -0.1) is 0 Å². The molecule has 0 aliphatic carbocycles. The standard InChI is InChI=1S/C15H22F2N2.C2H6/c1-3-18-12-7-8-19(4-2)15(10-12)11-5-6-13(16)14(17)9-11;1-2/h5-6,9,12,15,18H,3-4,7-8,10H2,1-2H3;1-2H3. The van der Waals surface area contributed by atoms with Crippen LogP contribution in [0.15, 0.2) is 18.2 Å². The van der Waals surface area contributed by atoms with Crippen molar-refractivity contribution in [2.24, 2.45) is 0 Å².